The molecule has 3 aromatic rings. The van der Waals surface area contributed by atoms with Crippen molar-refractivity contribution in [1.29, 1.82) is 0 Å². The third-order valence-electron chi connectivity index (χ3n) is 4.11. The van der Waals surface area contributed by atoms with E-state index in [0.29, 0.717) is 0 Å². The number of primary amides is 1. The van der Waals surface area contributed by atoms with Crippen molar-refractivity contribution in [3.63, 3.8) is 0 Å². The summed E-state index contributed by atoms with van der Waals surface area (Å²) in [5.41, 5.74) is 6.85. The Hall–Kier alpha value is -4.14. The van der Waals surface area contributed by atoms with E-state index in [-0.39, 0.29) is 39.8 Å². The van der Waals surface area contributed by atoms with Crippen molar-refractivity contribution in [2.24, 2.45) is 5.73 Å². The molecular formula is C21H17F2N3O4. The van der Waals surface area contributed by atoms with Crippen LogP contribution in [0, 0.1) is 5.82 Å². The number of nitrogens with two attached hydrogens (primary N) is 1. The highest BCUT2D eigenvalue weighted by Gasteiger charge is 2.20. The Bertz CT molecular complexity index is 1110. The van der Waals surface area contributed by atoms with E-state index in [1.807, 2.05) is 0 Å². The zero-order chi connectivity index (χ0) is 21.7. The number of hydrogen-bond acceptors (Lipinski definition) is 5. The summed E-state index contributed by atoms with van der Waals surface area (Å²) in [5, 5.41) is 2.57. The molecular weight excluding hydrogens is 396 g/mol. The van der Waals surface area contributed by atoms with Gasteiger partial charge < -0.3 is 20.5 Å². The first-order valence-corrected chi connectivity index (χ1v) is 8.65. The van der Waals surface area contributed by atoms with E-state index in [0.717, 1.165) is 12.1 Å². The van der Waals surface area contributed by atoms with Gasteiger partial charge in [-0.1, -0.05) is 12.1 Å². The lowest BCUT2D eigenvalue weighted by molar-refractivity contribution is 0.0996. The maximum Gasteiger partial charge on any atom is 0.261 e. The van der Waals surface area contributed by atoms with Gasteiger partial charge in [-0.15, -0.1) is 4.48 Å². The number of rotatable bonds is 7. The average molecular weight is 413 g/mol. The number of hydrogen-bond donors (Lipinski definition) is 3. The number of amides is 2. The van der Waals surface area contributed by atoms with Crippen LogP contribution in [0.2, 0.25) is 0 Å². The van der Waals surface area contributed by atoms with Crippen molar-refractivity contribution in [3.05, 3.63) is 77.6 Å². The Morgan fingerprint density at radius 2 is 1.73 bits per heavy atom. The highest BCUT2D eigenvalue weighted by molar-refractivity contribution is 6.10. The molecule has 0 heterocycles. The molecule has 0 saturated heterocycles. The lowest BCUT2D eigenvalue weighted by Gasteiger charge is -2.16. The van der Waals surface area contributed by atoms with Gasteiger partial charge in [-0.05, 0) is 42.5 Å². The molecule has 0 aliphatic rings. The summed E-state index contributed by atoms with van der Waals surface area (Å²) in [5.74, 6) is -1.71. The predicted octanol–water partition coefficient (Wildman–Crippen LogP) is 4.27. The molecule has 0 radical (unpaired) electrons. The zero-order valence-corrected chi connectivity index (χ0v) is 15.7. The molecule has 154 valence electrons. The van der Waals surface area contributed by atoms with Crippen LogP contribution in [0.4, 0.5) is 20.2 Å². The van der Waals surface area contributed by atoms with Crippen LogP contribution >= 0.6 is 0 Å². The van der Waals surface area contributed by atoms with E-state index in [4.69, 9.17) is 15.2 Å². The summed E-state index contributed by atoms with van der Waals surface area (Å²) >= 11 is 0. The van der Waals surface area contributed by atoms with E-state index in [9.17, 15) is 18.5 Å². The highest BCUT2D eigenvalue weighted by Crippen LogP contribution is 2.36. The van der Waals surface area contributed by atoms with Crippen LogP contribution < -0.4 is 26.1 Å². The Labute approximate surface area is 170 Å². The van der Waals surface area contributed by atoms with E-state index in [2.05, 4.69) is 5.32 Å². The number of anilines is 2. The molecule has 7 nitrogen and oxygen atoms in total. The standard InChI is InChI=1S/C21H17F2N3O4/c1-29-18-11-13(22)8-9-16(18)30-17-7-3-6-15(26-23)19(17)21(28)25-14-5-2-4-12(10-14)20(24)27/h2-11,26H,1H3,(H2,24,27)(H,25,28). The Kier molecular flexibility index (Phi) is 6.11. The Balaban J connectivity index is 1.97. The van der Waals surface area contributed by atoms with E-state index in [1.54, 1.807) is 6.07 Å². The summed E-state index contributed by atoms with van der Waals surface area (Å²) < 4.78 is 37.6. The number of nitrogens with one attached hydrogen (secondary N) is 2. The second-order valence-corrected chi connectivity index (χ2v) is 6.07. The van der Waals surface area contributed by atoms with Gasteiger partial charge in [0.25, 0.3) is 5.91 Å². The first-order valence-electron chi connectivity index (χ1n) is 8.65. The Morgan fingerprint density at radius 1 is 0.967 bits per heavy atom. The minimum Gasteiger partial charge on any atom is -0.493 e. The van der Waals surface area contributed by atoms with Gasteiger partial charge in [0.1, 0.15) is 17.1 Å². The highest BCUT2D eigenvalue weighted by atomic mass is 19.2. The lowest BCUT2D eigenvalue weighted by Crippen LogP contribution is -2.16. The maximum atomic E-state index is 13.4. The summed E-state index contributed by atoms with van der Waals surface area (Å²) in [7, 11) is 1.33. The summed E-state index contributed by atoms with van der Waals surface area (Å²) in [6.07, 6.45) is 0. The second kappa shape index (κ2) is 8.91. The Morgan fingerprint density at radius 3 is 2.43 bits per heavy atom. The minimum atomic E-state index is -0.714. The maximum absolute atomic E-state index is 13.4. The van der Waals surface area contributed by atoms with Gasteiger partial charge in [0.05, 0.1) is 12.8 Å². The number of carbonyl (C=O) groups excluding carboxylic acids is 2. The van der Waals surface area contributed by atoms with Crippen LogP contribution in [-0.4, -0.2) is 18.9 Å². The number of ether oxygens (including phenoxy) is 2. The van der Waals surface area contributed by atoms with E-state index in [1.165, 1.54) is 55.1 Å². The second-order valence-electron chi connectivity index (χ2n) is 6.07. The molecule has 0 aliphatic heterocycles. The first kappa shape index (κ1) is 20.6. The molecule has 9 heteroatoms. The van der Waals surface area contributed by atoms with Gasteiger partial charge in [0.2, 0.25) is 5.91 Å². The van der Waals surface area contributed by atoms with Crippen molar-refractivity contribution < 1.29 is 27.9 Å². The SMILES string of the molecule is COc1cc(F)ccc1Oc1cccc(NF)c1C(=O)Nc1cccc(C(N)=O)c1. The van der Waals surface area contributed by atoms with Gasteiger partial charge in [-0.25, -0.2) is 9.93 Å². The van der Waals surface area contributed by atoms with Crippen LogP contribution in [0.1, 0.15) is 20.7 Å². The largest absolute Gasteiger partial charge is 0.493 e. The monoisotopic (exact) mass is 413 g/mol. The van der Waals surface area contributed by atoms with Gasteiger partial charge in [0, 0.05) is 17.3 Å². The lowest BCUT2D eigenvalue weighted by atomic mass is 10.1. The van der Waals surface area contributed by atoms with Gasteiger partial charge >= 0.3 is 0 Å². The fourth-order valence-electron chi connectivity index (χ4n) is 2.72. The molecule has 30 heavy (non-hydrogen) atoms. The number of halogens is 2. The third-order valence-corrected chi connectivity index (χ3v) is 4.11. The van der Waals surface area contributed by atoms with Gasteiger partial charge in [0.15, 0.2) is 11.5 Å². The van der Waals surface area contributed by atoms with Crippen LogP contribution in [0.5, 0.6) is 17.2 Å². The fourth-order valence-corrected chi connectivity index (χ4v) is 2.72. The molecule has 0 fully saturated rings. The molecule has 0 spiro atoms. The molecule has 0 atom stereocenters. The predicted molar refractivity (Wildman–Crippen MR) is 107 cm³/mol. The molecule has 3 aromatic carbocycles. The van der Waals surface area contributed by atoms with E-state index >= 15 is 0 Å². The average Bonchev–Trinajstić information content (AvgIpc) is 2.74. The van der Waals surface area contributed by atoms with Crippen molar-refractivity contribution in [3.8, 4) is 17.2 Å². The molecule has 0 aliphatic carbocycles. The van der Waals surface area contributed by atoms with Crippen molar-refractivity contribution in [2.45, 2.75) is 0 Å². The molecule has 2 amide bonds. The summed E-state index contributed by atoms with van der Waals surface area (Å²) in [4.78, 5) is 24.2. The van der Waals surface area contributed by atoms with Crippen molar-refractivity contribution in [2.75, 3.05) is 18.0 Å². The third kappa shape index (κ3) is 4.46. The summed E-state index contributed by atoms with van der Waals surface area (Å²) in [6.45, 7) is 0. The molecule has 0 aromatic heterocycles. The topological polar surface area (TPSA) is 103 Å². The number of carbonyl (C=O) groups is 2. The van der Waals surface area contributed by atoms with Crippen LogP contribution in [0.3, 0.4) is 0 Å². The minimum absolute atomic E-state index is 0.00823. The number of methoxy groups -OCH3 is 1. The fraction of sp³-hybridized carbons (Fsp3) is 0.0476. The van der Waals surface area contributed by atoms with Crippen molar-refractivity contribution in [1.82, 2.24) is 0 Å². The summed E-state index contributed by atoms with van der Waals surface area (Å²) in [6, 6.07) is 13.8. The van der Waals surface area contributed by atoms with Gasteiger partial charge in [-0.2, -0.15) is 0 Å². The van der Waals surface area contributed by atoms with E-state index < -0.39 is 17.6 Å². The quantitative estimate of drug-likeness (QED) is 0.502. The molecule has 3 rings (SSSR count). The molecule has 4 N–H and O–H groups in total. The van der Waals surface area contributed by atoms with Crippen LogP contribution in [0.15, 0.2) is 60.7 Å². The number of benzene rings is 3. The van der Waals surface area contributed by atoms with Crippen LogP contribution in [-0.2, 0) is 0 Å². The molecule has 0 unspecified atom stereocenters. The smallest absolute Gasteiger partial charge is 0.261 e. The van der Waals surface area contributed by atoms with Crippen LogP contribution in [0.25, 0.3) is 0 Å². The molecule has 0 saturated carbocycles. The normalized spacial score (nSPS) is 10.2. The van der Waals surface area contributed by atoms with Crippen molar-refractivity contribution >= 4 is 23.2 Å². The first-order chi connectivity index (χ1) is 14.4. The molecule has 0 bridgehead atoms. The van der Waals surface area contributed by atoms with Gasteiger partial charge in [-0.3, -0.25) is 9.59 Å². The zero-order valence-electron chi connectivity index (χ0n) is 15.7.